The molecule has 1 aromatic rings. The van der Waals surface area contributed by atoms with Crippen LogP contribution in [0.4, 0.5) is 0 Å². The van der Waals surface area contributed by atoms with Crippen LogP contribution in [0.3, 0.4) is 0 Å². The van der Waals surface area contributed by atoms with Crippen molar-refractivity contribution in [1.82, 2.24) is 4.90 Å². The zero-order valence-electron chi connectivity index (χ0n) is 10.1. The third-order valence-corrected chi connectivity index (χ3v) is 3.45. The lowest BCUT2D eigenvalue weighted by molar-refractivity contribution is 0.259. The van der Waals surface area contributed by atoms with Crippen LogP contribution in [0, 0.1) is 5.92 Å². The zero-order chi connectivity index (χ0) is 11.4. The highest BCUT2D eigenvalue weighted by atomic mass is 15.2. The first-order valence-electron chi connectivity index (χ1n) is 6.02. The molecule has 1 aromatic carbocycles. The molecule has 1 unspecified atom stereocenters. The van der Waals surface area contributed by atoms with Crippen molar-refractivity contribution in [3.05, 3.63) is 35.9 Å². The second-order valence-corrected chi connectivity index (χ2v) is 4.54. The zero-order valence-corrected chi connectivity index (χ0v) is 10.1. The van der Waals surface area contributed by atoms with E-state index in [0.717, 1.165) is 6.54 Å². The fraction of sp³-hybridized carbons (Fsp3) is 0.500. The quantitative estimate of drug-likeness (QED) is 0.709. The molecule has 1 aliphatic rings. The standard InChI is InChI=1S/C14H20N2/c1-12(14-6-4-3-5-7-14)16-9-8-13(11-16)10-15-2/h3-7,10,12-13H,8-9,11H2,1-2H3/b15-10+/t12-,13?/m1/s1. The molecule has 0 aromatic heterocycles. The Kier molecular flexibility index (Phi) is 3.73. The molecule has 0 radical (unpaired) electrons. The van der Waals surface area contributed by atoms with Gasteiger partial charge in [-0.2, -0.15) is 0 Å². The van der Waals surface area contributed by atoms with Crippen molar-refractivity contribution in [2.24, 2.45) is 10.9 Å². The molecular weight excluding hydrogens is 196 g/mol. The summed E-state index contributed by atoms with van der Waals surface area (Å²) in [6, 6.07) is 11.3. The van der Waals surface area contributed by atoms with Crippen molar-refractivity contribution >= 4 is 6.21 Å². The predicted molar refractivity (Wildman–Crippen MR) is 69.0 cm³/mol. The van der Waals surface area contributed by atoms with E-state index in [1.165, 1.54) is 18.5 Å². The van der Waals surface area contributed by atoms with E-state index in [9.17, 15) is 0 Å². The Labute approximate surface area is 98.0 Å². The van der Waals surface area contributed by atoms with Gasteiger partial charge in [-0.3, -0.25) is 4.90 Å². The maximum Gasteiger partial charge on any atom is 0.0320 e. The summed E-state index contributed by atoms with van der Waals surface area (Å²) in [6.07, 6.45) is 3.34. The lowest BCUT2D eigenvalue weighted by atomic mass is 10.1. The van der Waals surface area contributed by atoms with Gasteiger partial charge in [0.1, 0.15) is 0 Å². The van der Waals surface area contributed by atoms with Gasteiger partial charge in [0, 0.05) is 31.8 Å². The van der Waals surface area contributed by atoms with E-state index in [4.69, 9.17) is 0 Å². The van der Waals surface area contributed by atoms with Crippen LogP contribution in [0.25, 0.3) is 0 Å². The molecule has 0 amide bonds. The molecular formula is C14H20N2. The first kappa shape index (κ1) is 11.3. The molecule has 2 heteroatoms. The Morgan fingerprint density at radius 3 is 2.81 bits per heavy atom. The van der Waals surface area contributed by atoms with Crippen LogP contribution in [-0.2, 0) is 0 Å². The normalized spacial score (nSPS) is 24.0. The van der Waals surface area contributed by atoms with Gasteiger partial charge in [0.05, 0.1) is 0 Å². The van der Waals surface area contributed by atoms with E-state index in [1.54, 1.807) is 0 Å². The monoisotopic (exact) mass is 216 g/mol. The number of rotatable bonds is 3. The van der Waals surface area contributed by atoms with Gasteiger partial charge in [-0.05, 0) is 25.5 Å². The SMILES string of the molecule is C/N=C/C1CCN([C@H](C)c2ccccc2)C1. The van der Waals surface area contributed by atoms with E-state index < -0.39 is 0 Å². The summed E-state index contributed by atoms with van der Waals surface area (Å²) in [5.74, 6) is 0.649. The minimum Gasteiger partial charge on any atom is -0.301 e. The minimum absolute atomic E-state index is 0.524. The molecule has 0 N–H and O–H groups in total. The fourth-order valence-corrected chi connectivity index (χ4v) is 2.44. The smallest absolute Gasteiger partial charge is 0.0320 e. The van der Waals surface area contributed by atoms with Gasteiger partial charge in [0.25, 0.3) is 0 Å². The van der Waals surface area contributed by atoms with Crippen LogP contribution in [0.1, 0.15) is 24.9 Å². The lowest BCUT2D eigenvalue weighted by Gasteiger charge is -2.24. The van der Waals surface area contributed by atoms with Crippen LogP contribution >= 0.6 is 0 Å². The Hall–Kier alpha value is -1.15. The van der Waals surface area contributed by atoms with E-state index in [-0.39, 0.29) is 0 Å². The fourth-order valence-electron chi connectivity index (χ4n) is 2.44. The van der Waals surface area contributed by atoms with Gasteiger partial charge in [-0.25, -0.2) is 0 Å². The largest absolute Gasteiger partial charge is 0.301 e. The summed E-state index contributed by atoms with van der Waals surface area (Å²) in [5.41, 5.74) is 1.41. The Morgan fingerprint density at radius 2 is 2.12 bits per heavy atom. The summed E-state index contributed by atoms with van der Waals surface area (Å²) < 4.78 is 0. The van der Waals surface area contributed by atoms with Crippen molar-refractivity contribution in [3.8, 4) is 0 Å². The first-order valence-corrected chi connectivity index (χ1v) is 6.02. The molecule has 1 aliphatic heterocycles. The number of nitrogens with zero attached hydrogens (tertiary/aromatic N) is 2. The van der Waals surface area contributed by atoms with Gasteiger partial charge < -0.3 is 4.99 Å². The highest BCUT2D eigenvalue weighted by Crippen LogP contribution is 2.26. The summed E-state index contributed by atoms with van der Waals surface area (Å²) in [7, 11) is 1.86. The van der Waals surface area contributed by atoms with Gasteiger partial charge in [-0.15, -0.1) is 0 Å². The molecule has 2 rings (SSSR count). The summed E-state index contributed by atoms with van der Waals surface area (Å²) >= 11 is 0. The van der Waals surface area contributed by atoms with Crippen LogP contribution in [0.15, 0.2) is 35.3 Å². The maximum atomic E-state index is 4.13. The molecule has 0 bridgehead atoms. The van der Waals surface area contributed by atoms with E-state index in [1.807, 2.05) is 7.05 Å². The molecule has 0 spiro atoms. The van der Waals surface area contributed by atoms with Gasteiger partial charge in [0.15, 0.2) is 0 Å². The Morgan fingerprint density at radius 1 is 1.38 bits per heavy atom. The van der Waals surface area contributed by atoms with Gasteiger partial charge in [0.2, 0.25) is 0 Å². The molecule has 0 saturated carbocycles. The molecule has 2 atom stereocenters. The van der Waals surface area contributed by atoms with Gasteiger partial charge >= 0.3 is 0 Å². The minimum atomic E-state index is 0.524. The number of benzene rings is 1. The van der Waals surface area contributed by atoms with Crippen molar-refractivity contribution in [2.75, 3.05) is 20.1 Å². The number of likely N-dealkylation sites (tertiary alicyclic amines) is 1. The molecule has 1 fully saturated rings. The highest BCUT2D eigenvalue weighted by Gasteiger charge is 2.25. The van der Waals surface area contributed by atoms with Crippen LogP contribution in [-0.4, -0.2) is 31.3 Å². The number of aliphatic imine (C=N–C) groups is 1. The Bertz CT molecular complexity index is 345. The third kappa shape index (κ3) is 2.50. The lowest BCUT2D eigenvalue weighted by Crippen LogP contribution is -2.24. The van der Waals surface area contributed by atoms with Crippen LogP contribution < -0.4 is 0 Å². The molecule has 1 heterocycles. The molecule has 16 heavy (non-hydrogen) atoms. The molecule has 86 valence electrons. The topological polar surface area (TPSA) is 15.6 Å². The maximum absolute atomic E-state index is 4.13. The van der Waals surface area contributed by atoms with Crippen molar-refractivity contribution in [3.63, 3.8) is 0 Å². The third-order valence-electron chi connectivity index (χ3n) is 3.45. The first-order chi connectivity index (χ1) is 7.81. The summed E-state index contributed by atoms with van der Waals surface area (Å²) in [4.78, 5) is 6.68. The van der Waals surface area contributed by atoms with Crippen molar-refractivity contribution < 1.29 is 0 Å². The summed E-state index contributed by atoms with van der Waals surface area (Å²) in [6.45, 7) is 4.63. The van der Waals surface area contributed by atoms with E-state index in [2.05, 4.69) is 53.4 Å². The molecule has 0 aliphatic carbocycles. The Balaban J connectivity index is 1.99. The number of hydrogen-bond acceptors (Lipinski definition) is 2. The average molecular weight is 216 g/mol. The van der Waals surface area contributed by atoms with Crippen LogP contribution in [0.2, 0.25) is 0 Å². The van der Waals surface area contributed by atoms with Crippen LogP contribution in [0.5, 0.6) is 0 Å². The summed E-state index contributed by atoms with van der Waals surface area (Å²) in [5, 5.41) is 0. The highest BCUT2D eigenvalue weighted by molar-refractivity contribution is 5.61. The van der Waals surface area contributed by atoms with E-state index in [0.29, 0.717) is 12.0 Å². The van der Waals surface area contributed by atoms with Gasteiger partial charge in [-0.1, -0.05) is 30.3 Å². The second kappa shape index (κ2) is 5.26. The molecule has 2 nitrogen and oxygen atoms in total. The molecule has 1 saturated heterocycles. The predicted octanol–water partition coefficient (Wildman–Crippen LogP) is 2.77. The average Bonchev–Trinajstić information content (AvgIpc) is 2.78. The van der Waals surface area contributed by atoms with E-state index >= 15 is 0 Å². The van der Waals surface area contributed by atoms with Crippen molar-refractivity contribution in [1.29, 1.82) is 0 Å². The van der Waals surface area contributed by atoms with Crippen molar-refractivity contribution in [2.45, 2.75) is 19.4 Å². The number of hydrogen-bond donors (Lipinski definition) is 0. The second-order valence-electron chi connectivity index (χ2n) is 4.54.